The van der Waals surface area contributed by atoms with Crippen molar-refractivity contribution in [2.75, 3.05) is 0 Å². The number of hydrogen-bond donors (Lipinski definition) is 2. The molecule has 6 nitrogen and oxygen atoms in total. The summed E-state index contributed by atoms with van der Waals surface area (Å²) in [4.78, 5) is 35.7. The number of carboxylic acids is 1. The van der Waals surface area contributed by atoms with E-state index in [1.807, 2.05) is 0 Å². The normalized spacial score (nSPS) is 15.0. The van der Waals surface area contributed by atoms with Gasteiger partial charge in [0, 0.05) is 6.92 Å². The fourth-order valence-corrected chi connectivity index (χ4v) is 3.08. The highest BCUT2D eigenvalue weighted by molar-refractivity contribution is 8.13. The standard InChI is InChI=1S/C17H23NO5S/c1-11(19)24-13(12-9-7-6-8-10-12)17(5,14(20)21)18-15(22)23-16(2,3)4/h6-10,13H,1-5H3,(H,18,22)(H,20,21)/t13-,17-/m0/s1. The second-order valence-corrected chi connectivity index (χ2v) is 7.82. The first-order chi connectivity index (χ1) is 11.0. The van der Waals surface area contributed by atoms with Crippen LogP contribution in [0, 0.1) is 0 Å². The number of aliphatic carboxylic acids is 1. The number of rotatable bonds is 5. The number of thioether (sulfide) groups is 1. The molecule has 0 saturated heterocycles. The summed E-state index contributed by atoms with van der Waals surface area (Å²) in [5.41, 5.74) is -1.86. The smallest absolute Gasteiger partial charge is 0.408 e. The molecule has 132 valence electrons. The van der Waals surface area contributed by atoms with Crippen LogP contribution in [-0.4, -0.2) is 33.4 Å². The van der Waals surface area contributed by atoms with Gasteiger partial charge in [-0.3, -0.25) is 4.79 Å². The molecule has 0 heterocycles. The van der Waals surface area contributed by atoms with Crippen molar-refractivity contribution in [1.29, 1.82) is 0 Å². The topological polar surface area (TPSA) is 92.7 Å². The summed E-state index contributed by atoms with van der Waals surface area (Å²) in [6.07, 6.45) is -0.850. The van der Waals surface area contributed by atoms with Crippen LogP contribution >= 0.6 is 11.8 Å². The molecule has 0 aliphatic carbocycles. The van der Waals surface area contributed by atoms with Crippen LogP contribution in [0.5, 0.6) is 0 Å². The van der Waals surface area contributed by atoms with Crippen molar-refractivity contribution in [3.8, 4) is 0 Å². The lowest BCUT2D eigenvalue weighted by Gasteiger charge is -2.34. The van der Waals surface area contributed by atoms with Gasteiger partial charge in [0.05, 0.1) is 5.25 Å². The van der Waals surface area contributed by atoms with E-state index in [2.05, 4.69) is 5.32 Å². The quantitative estimate of drug-likeness (QED) is 0.843. The molecule has 0 bridgehead atoms. The third-order valence-corrected chi connectivity index (χ3v) is 4.43. The minimum atomic E-state index is -1.72. The maximum atomic E-state index is 12.1. The van der Waals surface area contributed by atoms with E-state index >= 15 is 0 Å². The molecule has 0 saturated carbocycles. The maximum Gasteiger partial charge on any atom is 0.408 e. The summed E-state index contributed by atoms with van der Waals surface area (Å²) in [6, 6.07) is 8.73. The number of ether oxygens (including phenoxy) is 1. The molecule has 7 heteroatoms. The highest BCUT2D eigenvalue weighted by atomic mass is 32.2. The Balaban J connectivity index is 3.22. The number of amides is 1. The van der Waals surface area contributed by atoms with Crippen LogP contribution in [0.3, 0.4) is 0 Å². The van der Waals surface area contributed by atoms with Crippen molar-refractivity contribution in [3.63, 3.8) is 0 Å². The van der Waals surface area contributed by atoms with E-state index in [0.29, 0.717) is 5.56 Å². The molecule has 0 aliphatic heterocycles. The van der Waals surface area contributed by atoms with E-state index in [9.17, 15) is 19.5 Å². The third kappa shape index (κ3) is 5.56. The molecule has 1 amide bonds. The molecule has 1 rings (SSSR count). The molecule has 0 aliphatic rings. The summed E-state index contributed by atoms with van der Waals surface area (Å²) in [7, 11) is 0. The van der Waals surface area contributed by atoms with Crippen molar-refractivity contribution in [2.24, 2.45) is 0 Å². The van der Waals surface area contributed by atoms with Gasteiger partial charge in [-0.15, -0.1) is 0 Å². The van der Waals surface area contributed by atoms with Gasteiger partial charge in [0.1, 0.15) is 5.60 Å². The largest absolute Gasteiger partial charge is 0.479 e. The van der Waals surface area contributed by atoms with Gasteiger partial charge < -0.3 is 15.2 Å². The Morgan fingerprint density at radius 1 is 1.12 bits per heavy atom. The maximum absolute atomic E-state index is 12.1. The van der Waals surface area contributed by atoms with Crippen LogP contribution in [-0.2, 0) is 14.3 Å². The average Bonchev–Trinajstić information content (AvgIpc) is 2.43. The van der Waals surface area contributed by atoms with Gasteiger partial charge in [0.15, 0.2) is 10.7 Å². The predicted octanol–water partition coefficient (Wildman–Crippen LogP) is 3.38. The lowest BCUT2D eigenvalue weighted by molar-refractivity contribution is -0.144. The molecule has 2 atom stereocenters. The Morgan fingerprint density at radius 2 is 1.67 bits per heavy atom. The fourth-order valence-electron chi connectivity index (χ4n) is 2.06. The van der Waals surface area contributed by atoms with Gasteiger partial charge in [0.2, 0.25) is 0 Å². The van der Waals surface area contributed by atoms with Gasteiger partial charge >= 0.3 is 12.1 Å². The Morgan fingerprint density at radius 3 is 2.08 bits per heavy atom. The monoisotopic (exact) mass is 353 g/mol. The van der Waals surface area contributed by atoms with E-state index in [1.165, 1.54) is 13.8 Å². The summed E-state index contributed by atoms with van der Waals surface area (Å²) in [5, 5.41) is 11.1. The van der Waals surface area contributed by atoms with Gasteiger partial charge in [-0.1, -0.05) is 42.1 Å². The van der Waals surface area contributed by atoms with Crippen molar-refractivity contribution in [3.05, 3.63) is 35.9 Å². The van der Waals surface area contributed by atoms with E-state index in [4.69, 9.17) is 4.74 Å². The van der Waals surface area contributed by atoms with Crippen LogP contribution in [0.2, 0.25) is 0 Å². The molecule has 0 unspecified atom stereocenters. The Kier molecular flexibility index (Phi) is 6.42. The number of nitrogens with one attached hydrogen (secondary N) is 1. The van der Waals surface area contributed by atoms with Crippen molar-refractivity contribution in [2.45, 2.75) is 51.0 Å². The number of carboxylic acid groups (broad SMARTS) is 1. The van der Waals surface area contributed by atoms with Gasteiger partial charge in [0.25, 0.3) is 0 Å². The van der Waals surface area contributed by atoms with Crippen LogP contribution in [0.1, 0.15) is 45.4 Å². The average molecular weight is 353 g/mol. The van der Waals surface area contributed by atoms with E-state index in [0.717, 1.165) is 11.8 Å². The highest BCUT2D eigenvalue weighted by Gasteiger charge is 2.45. The van der Waals surface area contributed by atoms with Crippen LogP contribution in [0.4, 0.5) is 4.79 Å². The number of carbonyl (C=O) groups excluding carboxylic acids is 2. The van der Waals surface area contributed by atoms with Gasteiger partial charge in [-0.25, -0.2) is 9.59 Å². The summed E-state index contributed by atoms with van der Waals surface area (Å²) < 4.78 is 5.17. The molecule has 1 aromatic rings. The summed E-state index contributed by atoms with van der Waals surface area (Å²) in [6.45, 7) is 7.78. The lowest BCUT2D eigenvalue weighted by atomic mass is 9.92. The fraction of sp³-hybridized carbons (Fsp3) is 0.471. The zero-order chi connectivity index (χ0) is 18.5. The van der Waals surface area contributed by atoms with Crippen molar-refractivity contribution in [1.82, 2.24) is 5.32 Å². The third-order valence-electron chi connectivity index (χ3n) is 3.12. The Bertz CT molecular complexity index is 611. The molecule has 24 heavy (non-hydrogen) atoms. The van der Waals surface area contributed by atoms with Crippen LogP contribution < -0.4 is 5.32 Å². The second kappa shape index (κ2) is 7.70. The van der Waals surface area contributed by atoms with Gasteiger partial charge in [-0.05, 0) is 33.3 Å². The molecule has 0 spiro atoms. The van der Waals surface area contributed by atoms with Crippen LogP contribution in [0.25, 0.3) is 0 Å². The van der Waals surface area contributed by atoms with Crippen molar-refractivity contribution < 1.29 is 24.2 Å². The Labute approximate surface area is 146 Å². The minimum absolute atomic E-state index is 0.248. The zero-order valence-electron chi connectivity index (χ0n) is 14.5. The SMILES string of the molecule is CC(=O)S[C@@H](c1ccccc1)[C@](C)(NC(=O)OC(C)(C)C)C(=O)O. The molecular weight excluding hydrogens is 330 g/mol. The number of hydrogen-bond acceptors (Lipinski definition) is 5. The van der Waals surface area contributed by atoms with E-state index in [-0.39, 0.29) is 5.12 Å². The van der Waals surface area contributed by atoms with Gasteiger partial charge in [-0.2, -0.15) is 0 Å². The molecule has 1 aromatic carbocycles. The second-order valence-electron chi connectivity index (χ2n) is 6.53. The van der Waals surface area contributed by atoms with E-state index < -0.39 is 28.5 Å². The van der Waals surface area contributed by atoms with Crippen molar-refractivity contribution >= 4 is 28.9 Å². The summed E-state index contributed by atoms with van der Waals surface area (Å²) in [5.74, 6) is -1.25. The minimum Gasteiger partial charge on any atom is -0.479 e. The number of benzene rings is 1. The predicted molar refractivity (Wildman–Crippen MR) is 92.9 cm³/mol. The first kappa shape index (κ1) is 20.0. The zero-order valence-corrected chi connectivity index (χ0v) is 15.3. The summed E-state index contributed by atoms with van der Waals surface area (Å²) >= 11 is 0.858. The molecule has 0 fully saturated rings. The molecule has 0 radical (unpaired) electrons. The molecule has 0 aromatic heterocycles. The highest BCUT2D eigenvalue weighted by Crippen LogP contribution is 2.39. The first-order valence-electron chi connectivity index (χ1n) is 7.42. The Hall–Kier alpha value is -2.02. The lowest BCUT2D eigenvalue weighted by Crippen LogP contribution is -2.56. The van der Waals surface area contributed by atoms with Crippen LogP contribution in [0.15, 0.2) is 30.3 Å². The molecule has 2 N–H and O–H groups in total. The number of carbonyl (C=O) groups is 3. The number of alkyl carbamates (subject to hydrolysis) is 1. The first-order valence-corrected chi connectivity index (χ1v) is 8.30. The molecular formula is C17H23NO5S. The van der Waals surface area contributed by atoms with E-state index in [1.54, 1.807) is 51.1 Å².